The second-order valence-corrected chi connectivity index (χ2v) is 14.3. The van der Waals surface area contributed by atoms with Crippen LogP contribution in [0, 0.1) is 11.3 Å². The van der Waals surface area contributed by atoms with Crippen molar-refractivity contribution in [3.05, 3.63) is 138 Å². The van der Waals surface area contributed by atoms with E-state index in [9.17, 15) is 8.42 Å². The molecule has 0 fully saturated rings. The maximum atomic E-state index is 13.5. The van der Waals surface area contributed by atoms with Gasteiger partial charge in [0.1, 0.15) is 0 Å². The molecule has 10 rings (SSSR count). The highest BCUT2D eigenvalue weighted by molar-refractivity contribution is 7.91. The van der Waals surface area contributed by atoms with Gasteiger partial charge in [0.2, 0.25) is 9.84 Å². The molecule has 6 aromatic carbocycles. The first-order valence-corrected chi connectivity index (χ1v) is 17.2. The van der Waals surface area contributed by atoms with Crippen molar-refractivity contribution in [3.8, 4) is 11.8 Å². The Bertz CT molecular complexity index is 2960. The highest BCUT2D eigenvalue weighted by Gasteiger charge is 2.24. The average molecular weight is 624 g/mol. The molecule has 9 aromatic rings. The highest BCUT2D eigenvalue weighted by Crippen LogP contribution is 2.45. The van der Waals surface area contributed by atoms with Gasteiger partial charge in [0.05, 0.1) is 49.0 Å². The predicted molar refractivity (Wildman–Crippen MR) is 189 cm³/mol. The Kier molecular flexibility index (Phi) is 5.22. The van der Waals surface area contributed by atoms with E-state index in [-0.39, 0.29) is 9.79 Å². The van der Waals surface area contributed by atoms with Gasteiger partial charge in [-0.1, -0.05) is 48.6 Å². The van der Waals surface area contributed by atoms with Crippen LogP contribution in [0.1, 0.15) is 23.1 Å². The summed E-state index contributed by atoms with van der Waals surface area (Å²) >= 11 is 0. The second-order valence-electron chi connectivity index (χ2n) is 12.4. The standard InChI is InChI=1S/C41H25N3O2S/c42-24-25-12-16-29(17-13-25)47(45,46)30-18-14-28(15-19-30)43-36-11-5-9-32-31-8-3-4-10-35(31)44-38-23-27-7-2-1-6-26(27)22-34(38)33-20-21-37(43)40(39(32)36)41(33)44/h2-5,7-23H,1,6H2. The van der Waals surface area contributed by atoms with E-state index in [1.54, 1.807) is 12.1 Å². The molecule has 0 bridgehead atoms. The number of aryl methyl sites for hydroxylation is 1. The number of rotatable bonds is 3. The summed E-state index contributed by atoms with van der Waals surface area (Å²) in [5.74, 6) is 0. The van der Waals surface area contributed by atoms with E-state index in [1.807, 2.05) is 18.2 Å². The Labute approximate surface area is 270 Å². The first-order chi connectivity index (χ1) is 23.0. The SMILES string of the molecule is N#Cc1ccc(S(=O)(=O)c2ccc(-n3c4cccc5c6ccccc6n6c7cc8c(cc7c7ccc3c(c54)c76)CCC=C8)cc2)cc1. The fourth-order valence-corrected chi connectivity index (χ4v) is 9.10. The minimum absolute atomic E-state index is 0.166. The molecule has 1 aliphatic carbocycles. The van der Waals surface area contributed by atoms with Crippen molar-refractivity contribution < 1.29 is 8.42 Å². The number of nitriles is 1. The Morgan fingerprint density at radius 2 is 1.36 bits per heavy atom. The number of aromatic nitrogens is 2. The molecule has 0 unspecified atom stereocenters. The summed E-state index contributed by atoms with van der Waals surface area (Å²) in [5, 5.41) is 16.4. The third kappa shape index (κ3) is 3.49. The van der Waals surface area contributed by atoms with E-state index in [4.69, 9.17) is 5.26 Å². The molecule has 0 saturated carbocycles. The maximum absolute atomic E-state index is 13.5. The van der Waals surface area contributed by atoms with Crippen LogP contribution in [-0.2, 0) is 16.3 Å². The summed E-state index contributed by atoms with van der Waals surface area (Å²) in [5.41, 5.74) is 9.71. The normalized spacial score (nSPS) is 13.4. The van der Waals surface area contributed by atoms with E-state index < -0.39 is 9.84 Å². The number of hydrogen-bond acceptors (Lipinski definition) is 3. The fourth-order valence-electron chi connectivity index (χ4n) is 7.84. The van der Waals surface area contributed by atoms with E-state index in [0.717, 1.165) is 29.6 Å². The van der Waals surface area contributed by atoms with Gasteiger partial charge in [0, 0.05) is 32.6 Å². The van der Waals surface area contributed by atoms with Gasteiger partial charge in [0.15, 0.2) is 0 Å². The van der Waals surface area contributed by atoms with Crippen molar-refractivity contribution in [1.29, 1.82) is 5.26 Å². The van der Waals surface area contributed by atoms with E-state index >= 15 is 0 Å². The molecule has 0 aliphatic heterocycles. The highest BCUT2D eigenvalue weighted by atomic mass is 32.2. The van der Waals surface area contributed by atoms with Gasteiger partial charge in [-0.2, -0.15) is 5.26 Å². The Morgan fingerprint density at radius 3 is 2.17 bits per heavy atom. The van der Waals surface area contributed by atoms with Crippen molar-refractivity contribution >= 4 is 75.8 Å². The van der Waals surface area contributed by atoms with E-state index in [2.05, 4.69) is 87.8 Å². The lowest BCUT2D eigenvalue weighted by atomic mass is 9.95. The Balaban J connectivity index is 1.29. The van der Waals surface area contributed by atoms with Gasteiger partial charge >= 0.3 is 0 Å². The topological polar surface area (TPSA) is 67.3 Å². The summed E-state index contributed by atoms with van der Waals surface area (Å²) in [4.78, 5) is 0.377. The van der Waals surface area contributed by atoms with Crippen LogP contribution in [0.3, 0.4) is 0 Å². The second kappa shape index (κ2) is 9.32. The molecular formula is C41H25N3O2S. The van der Waals surface area contributed by atoms with Crippen LogP contribution in [-0.4, -0.2) is 17.4 Å². The lowest BCUT2D eigenvalue weighted by Gasteiger charge is -2.11. The molecule has 0 radical (unpaired) electrons. The van der Waals surface area contributed by atoms with Crippen LogP contribution in [0.15, 0.2) is 131 Å². The minimum atomic E-state index is -3.75. The molecule has 3 aromatic heterocycles. The quantitative estimate of drug-likeness (QED) is 0.197. The molecule has 222 valence electrons. The minimum Gasteiger partial charge on any atom is -0.309 e. The largest absolute Gasteiger partial charge is 0.309 e. The van der Waals surface area contributed by atoms with Gasteiger partial charge in [-0.15, -0.1) is 0 Å². The van der Waals surface area contributed by atoms with Crippen LogP contribution in [0.2, 0.25) is 0 Å². The summed E-state index contributed by atoms with van der Waals surface area (Å²) in [7, 11) is -3.75. The molecule has 0 atom stereocenters. The van der Waals surface area contributed by atoms with Crippen molar-refractivity contribution in [3.63, 3.8) is 0 Å². The number of para-hydroxylation sites is 1. The lowest BCUT2D eigenvalue weighted by Crippen LogP contribution is -2.03. The smallest absolute Gasteiger partial charge is 0.206 e. The number of allylic oxidation sites excluding steroid dienone is 1. The van der Waals surface area contributed by atoms with Crippen LogP contribution < -0.4 is 0 Å². The summed E-state index contributed by atoms with van der Waals surface area (Å²) in [6.07, 6.45) is 6.64. The number of benzene rings is 6. The Morgan fingerprint density at radius 1 is 0.638 bits per heavy atom. The van der Waals surface area contributed by atoms with Crippen LogP contribution >= 0.6 is 0 Å². The summed E-state index contributed by atoms with van der Waals surface area (Å²) in [6.45, 7) is 0. The summed E-state index contributed by atoms with van der Waals surface area (Å²) < 4.78 is 31.7. The summed E-state index contributed by atoms with van der Waals surface area (Å²) in [6, 6.07) is 39.7. The molecule has 5 nitrogen and oxygen atoms in total. The zero-order valence-electron chi connectivity index (χ0n) is 25.1. The van der Waals surface area contributed by atoms with Crippen LogP contribution in [0.5, 0.6) is 0 Å². The lowest BCUT2D eigenvalue weighted by molar-refractivity contribution is 0.596. The maximum Gasteiger partial charge on any atom is 0.206 e. The predicted octanol–water partition coefficient (Wildman–Crippen LogP) is 9.60. The van der Waals surface area contributed by atoms with Crippen molar-refractivity contribution in [2.75, 3.05) is 0 Å². The molecule has 0 amide bonds. The van der Waals surface area contributed by atoms with Crippen molar-refractivity contribution in [1.82, 2.24) is 8.97 Å². The van der Waals surface area contributed by atoms with Crippen molar-refractivity contribution in [2.45, 2.75) is 22.6 Å². The van der Waals surface area contributed by atoms with Crippen LogP contribution in [0.25, 0.3) is 71.7 Å². The monoisotopic (exact) mass is 623 g/mol. The number of hydrogen-bond donors (Lipinski definition) is 0. The number of nitrogens with zero attached hydrogens (tertiary/aromatic N) is 3. The first-order valence-electron chi connectivity index (χ1n) is 15.7. The molecule has 3 heterocycles. The van der Waals surface area contributed by atoms with E-state index in [0.29, 0.717) is 5.56 Å². The fraction of sp³-hybridized carbons (Fsp3) is 0.0488. The third-order valence-corrected chi connectivity index (χ3v) is 11.7. The molecule has 0 spiro atoms. The molecule has 0 N–H and O–H groups in total. The van der Waals surface area contributed by atoms with Gasteiger partial charge in [0.25, 0.3) is 0 Å². The van der Waals surface area contributed by atoms with Gasteiger partial charge in [-0.25, -0.2) is 8.42 Å². The molecular weight excluding hydrogens is 599 g/mol. The van der Waals surface area contributed by atoms with Crippen molar-refractivity contribution in [2.24, 2.45) is 0 Å². The zero-order chi connectivity index (χ0) is 31.4. The molecule has 1 aliphatic rings. The van der Waals surface area contributed by atoms with Gasteiger partial charge in [-0.05, 0) is 108 Å². The zero-order valence-corrected chi connectivity index (χ0v) is 25.9. The molecule has 0 saturated heterocycles. The first kappa shape index (κ1) is 26.3. The molecule has 47 heavy (non-hydrogen) atoms. The number of sulfone groups is 1. The van der Waals surface area contributed by atoms with Gasteiger partial charge in [-0.3, -0.25) is 0 Å². The average Bonchev–Trinajstić information content (AvgIpc) is 3.58. The van der Waals surface area contributed by atoms with Crippen LogP contribution in [0.4, 0.5) is 0 Å². The van der Waals surface area contributed by atoms with Gasteiger partial charge < -0.3 is 8.97 Å². The number of fused-ring (bicyclic) bond motifs is 7. The Hall–Kier alpha value is -5.90. The molecule has 6 heteroatoms. The third-order valence-electron chi connectivity index (χ3n) is 9.95. The van der Waals surface area contributed by atoms with E-state index in [1.165, 1.54) is 84.3 Å².